The first-order valence-electron chi connectivity index (χ1n) is 9.87. The van der Waals surface area contributed by atoms with E-state index in [-0.39, 0.29) is 11.3 Å². The zero-order valence-corrected chi connectivity index (χ0v) is 16.9. The third kappa shape index (κ3) is 3.92. The van der Waals surface area contributed by atoms with Gasteiger partial charge in [0.2, 0.25) is 11.9 Å². The molecule has 1 aromatic heterocycles. The summed E-state index contributed by atoms with van der Waals surface area (Å²) in [5, 5.41) is 3.90. The number of nitrogens with two attached hydrogens (primary N) is 1. The standard InChI is InChI=1S/C21H26ClN5O/c1-14-11-18(26-20(23)25-14)27-10-2-3-15(13-27)12-24-19(28)21(8-9-21)16-4-6-17(22)7-5-16/h4-7,11,15H,2-3,8-10,12-13H2,1H3,(H,24,28)(H2,23,25,26)/t15-/m0/s1. The monoisotopic (exact) mass is 399 g/mol. The summed E-state index contributed by atoms with van der Waals surface area (Å²) >= 11 is 5.99. The molecular formula is C21H26ClN5O. The van der Waals surface area contributed by atoms with E-state index < -0.39 is 0 Å². The molecule has 1 saturated heterocycles. The van der Waals surface area contributed by atoms with Gasteiger partial charge in [-0.25, -0.2) is 4.98 Å². The minimum Gasteiger partial charge on any atom is -0.368 e. The summed E-state index contributed by atoms with van der Waals surface area (Å²) in [4.78, 5) is 23.7. The van der Waals surface area contributed by atoms with E-state index in [1.54, 1.807) is 0 Å². The molecule has 0 spiro atoms. The van der Waals surface area contributed by atoms with Gasteiger partial charge in [-0.3, -0.25) is 4.79 Å². The Hall–Kier alpha value is -2.34. The third-order valence-corrected chi connectivity index (χ3v) is 6.09. The van der Waals surface area contributed by atoms with Gasteiger partial charge in [0.15, 0.2) is 0 Å². The SMILES string of the molecule is Cc1cc(N2CCC[C@@H](CNC(=O)C3(c4ccc(Cl)cc4)CC3)C2)nc(N)n1. The molecule has 0 radical (unpaired) electrons. The third-order valence-electron chi connectivity index (χ3n) is 5.83. The lowest BCUT2D eigenvalue weighted by atomic mass is 9.93. The van der Waals surface area contributed by atoms with E-state index in [1.165, 1.54) is 0 Å². The van der Waals surface area contributed by atoms with E-state index in [9.17, 15) is 4.79 Å². The van der Waals surface area contributed by atoms with Gasteiger partial charge in [0.25, 0.3) is 0 Å². The van der Waals surface area contributed by atoms with Gasteiger partial charge in [0, 0.05) is 36.4 Å². The Labute approximate surface area is 170 Å². The van der Waals surface area contributed by atoms with Crippen LogP contribution in [0, 0.1) is 12.8 Å². The summed E-state index contributed by atoms with van der Waals surface area (Å²) in [6.45, 7) is 4.43. The molecule has 7 heteroatoms. The van der Waals surface area contributed by atoms with Crippen molar-refractivity contribution in [3.8, 4) is 0 Å². The average molecular weight is 400 g/mol. The number of anilines is 2. The molecule has 6 nitrogen and oxygen atoms in total. The fourth-order valence-corrected chi connectivity index (χ4v) is 4.25. The number of aromatic nitrogens is 2. The van der Waals surface area contributed by atoms with Gasteiger partial charge in [-0.15, -0.1) is 0 Å². The van der Waals surface area contributed by atoms with Gasteiger partial charge in [0.05, 0.1) is 5.41 Å². The molecule has 1 aliphatic heterocycles. The number of carbonyl (C=O) groups is 1. The van der Waals surface area contributed by atoms with Crippen LogP contribution in [-0.4, -0.2) is 35.5 Å². The van der Waals surface area contributed by atoms with E-state index in [0.717, 1.165) is 55.8 Å². The minimum absolute atomic E-state index is 0.133. The summed E-state index contributed by atoms with van der Waals surface area (Å²) < 4.78 is 0. The van der Waals surface area contributed by atoms with E-state index >= 15 is 0 Å². The molecule has 0 bridgehead atoms. The molecule has 2 aromatic rings. The highest BCUT2D eigenvalue weighted by atomic mass is 35.5. The molecule has 28 heavy (non-hydrogen) atoms. The van der Waals surface area contributed by atoms with Gasteiger partial charge in [-0.2, -0.15) is 4.98 Å². The molecule has 2 heterocycles. The molecule has 148 valence electrons. The fourth-order valence-electron chi connectivity index (χ4n) is 4.12. The second-order valence-corrected chi connectivity index (χ2v) is 8.42. The maximum absolute atomic E-state index is 12.9. The molecule has 2 aliphatic rings. The number of nitrogens with one attached hydrogen (secondary N) is 1. The van der Waals surface area contributed by atoms with Crippen molar-refractivity contribution >= 4 is 29.3 Å². The number of hydrogen-bond acceptors (Lipinski definition) is 5. The zero-order chi connectivity index (χ0) is 19.7. The molecule has 1 atom stereocenters. The number of nitrogens with zero attached hydrogens (tertiary/aromatic N) is 3. The fraction of sp³-hybridized carbons (Fsp3) is 0.476. The first kappa shape index (κ1) is 19.0. The van der Waals surface area contributed by atoms with Crippen molar-refractivity contribution in [2.75, 3.05) is 30.3 Å². The Bertz CT molecular complexity index is 845. The lowest BCUT2D eigenvalue weighted by Gasteiger charge is -2.34. The number of halogens is 1. The van der Waals surface area contributed by atoms with Crippen molar-refractivity contribution in [3.63, 3.8) is 0 Å². The highest BCUT2D eigenvalue weighted by Gasteiger charge is 2.51. The number of nitrogen functional groups attached to an aromatic ring is 1. The Kier molecular flexibility index (Phi) is 5.15. The van der Waals surface area contributed by atoms with Gasteiger partial charge < -0.3 is 16.0 Å². The normalized spacial score (nSPS) is 20.6. The highest BCUT2D eigenvalue weighted by Crippen LogP contribution is 2.48. The van der Waals surface area contributed by atoms with Crippen molar-refractivity contribution < 1.29 is 4.79 Å². The number of rotatable bonds is 5. The van der Waals surface area contributed by atoms with Crippen LogP contribution in [0.25, 0.3) is 0 Å². The van der Waals surface area contributed by atoms with Crippen molar-refractivity contribution in [2.24, 2.45) is 5.92 Å². The van der Waals surface area contributed by atoms with Crippen LogP contribution in [0.5, 0.6) is 0 Å². The van der Waals surface area contributed by atoms with Gasteiger partial charge >= 0.3 is 0 Å². The molecule has 4 rings (SSSR count). The van der Waals surface area contributed by atoms with Gasteiger partial charge in [0.1, 0.15) is 5.82 Å². The van der Waals surface area contributed by atoms with Gasteiger partial charge in [-0.05, 0) is 56.2 Å². The molecule has 1 aliphatic carbocycles. The Balaban J connectivity index is 1.37. The smallest absolute Gasteiger partial charge is 0.230 e. The number of aryl methyl sites for hydroxylation is 1. The van der Waals surface area contributed by atoms with Crippen molar-refractivity contribution in [1.82, 2.24) is 15.3 Å². The Morgan fingerprint density at radius 3 is 2.75 bits per heavy atom. The van der Waals surface area contributed by atoms with Crippen molar-refractivity contribution in [2.45, 2.75) is 38.0 Å². The minimum atomic E-state index is -0.364. The van der Waals surface area contributed by atoms with Crippen LogP contribution in [0.15, 0.2) is 30.3 Å². The predicted octanol–water partition coefficient (Wildman–Crippen LogP) is 3.09. The second kappa shape index (κ2) is 7.59. The Morgan fingerprint density at radius 1 is 1.32 bits per heavy atom. The Morgan fingerprint density at radius 2 is 2.07 bits per heavy atom. The van der Waals surface area contributed by atoms with Crippen molar-refractivity contribution in [1.29, 1.82) is 0 Å². The lowest BCUT2D eigenvalue weighted by Crippen LogP contribution is -2.43. The van der Waals surface area contributed by atoms with Crippen LogP contribution in [0.3, 0.4) is 0 Å². The van der Waals surface area contributed by atoms with Crippen LogP contribution in [0.2, 0.25) is 5.02 Å². The summed E-state index contributed by atoms with van der Waals surface area (Å²) in [6.07, 6.45) is 3.98. The maximum atomic E-state index is 12.9. The predicted molar refractivity (Wildman–Crippen MR) is 111 cm³/mol. The summed E-state index contributed by atoms with van der Waals surface area (Å²) in [5.74, 6) is 1.72. The van der Waals surface area contributed by atoms with Crippen LogP contribution < -0.4 is 16.0 Å². The first-order chi connectivity index (χ1) is 13.5. The number of amides is 1. The molecule has 1 amide bonds. The molecule has 3 N–H and O–H groups in total. The summed E-state index contributed by atoms with van der Waals surface area (Å²) in [5.41, 5.74) is 7.37. The molecule has 0 unspecified atom stereocenters. The number of hydrogen-bond donors (Lipinski definition) is 2. The molecule has 1 saturated carbocycles. The van der Waals surface area contributed by atoms with Gasteiger partial charge in [-0.1, -0.05) is 23.7 Å². The largest absolute Gasteiger partial charge is 0.368 e. The molecule has 1 aromatic carbocycles. The van der Waals surface area contributed by atoms with Crippen LogP contribution in [-0.2, 0) is 10.2 Å². The van der Waals surface area contributed by atoms with Crippen LogP contribution >= 0.6 is 11.6 Å². The molecular weight excluding hydrogens is 374 g/mol. The first-order valence-corrected chi connectivity index (χ1v) is 10.2. The summed E-state index contributed by atoms with van der Waals surface area (Å²) in [6, 6.07) is 9.63. The lowest BCUT2D eigenvalue weighted by molar-refractivity contribution is -0.123. The average Bonchev–Trinajstić information content (AvgIpc) is 3.48. The highest BCUT2D eigenvalue weighted by molar-refractivity contribution is 6.30. The second-order valence-electron chi connectivity index (χ2n) is 7.98. The van der Waals surface area contributed by atoms with E-state index in [1.807, 2.05) is 37.3 Å². The van der Waals surface area contributed by atoms with Crippen LogP contribution in [0.1, 0.15) is 36.9 Å². The maximum Gasteiger partial charge on any atom is 0.230 e. The number of piperidine rings is 1. The summed E-state index contributed by atoms with van der Waals surface area (Å²) in [7, 11) is 0. The van der Waals surface area contributed by atoms with E-state index in [0.29, 0.717) is 23.4 Å². The quantitative estimate of drug-likeness (QED) is 0.807. The number of benzene rings is 1. The van der Waals surface area contributed by atoms with E-state index in [4.69, 9.17) is 17.3 Å². The molecule has 2 fully saturated rings. The topological polar surface area (TPSA) is 84.1 Å². The zero-order valence-electron chi connectivity index (χ0n) is 16.1. The van der Waals surface area contributed by atoms with Crippen LogP contribution in [0.4, 0.5) is 11.8 Å². The van der Waals surface area contributed by atoms with E-state index in [2.05, 4.69) is 20.2 Å². The number of carbonyl (C=O) groups excluding carboxylic acids is 1. The van der Waals surface area contributed by atoms with Crippen molar-refractivity contribution in [3.05, 3.63) is 46.6 Å².